The fraction of sp³-hybridized carbons (Fsp3) is 0.182. The monoisotopic (exact) mass is 427 g/mol. The van der Waals surface area contributed by atoms with E-state index in [1.54, 1.807) is 37.3 Å². The number of nitrogens with zero attached hydrogens (tertiary/aromatic N) is 1. The van der Waals surface area contributed by atoms with E-state index >= 15 is 0 Å². The Morgan fingerprint density at radius 1 is 1.13 bits per heavy atom. The Balaban J connectivity index is 2.29. The zero-order chi connectivity index (χ0) is 22.1. The first-order chi connectivity index (χ1) is 14.2. The molecule has 2 unspecified atom stereocenters. The highest BCUT2D eigenvalue weighted by Crippen LogP contribution is 2.50. The fourth-order valence-electron chi connectivity index (χ4n) is 3.86. The summed E-state index contributed by atoms with van der Waals surface area (Å²) in [5.41, 5.74) is -0.603. The SMILES string of the molecule is CC1=C(C(=O)O)CC(C(=O)O)(C(c2ccccc2)c2ccc(Cl)c([N+](=O)[O-])c2)C=C1. The van der Waals surface area contributed by atoms with Crippen LogP contribution in [0.3, 0.4) is 0 Å². The Hall–Kier alpha value is -3.45. The first-order valence-electron chi connectivity index (χ1n) is 9.02. The summed E-state index contributed by atoms with van der Waals surface area (Å²) in [6, 6.07) is 12.8. The van der Waals surface area contributed by atoms with Crippen LogP contribution < -0.4 is 0 Å². The van der Waals surface area contributed by atoms with Crippen LogP contribution in [0.5, 0.6) is 0 Å². The molecular formula is C22H18ClNO6. The number of benzene rings is 2. The third-order valence-electron chi connectivity index (χ3n) is 5.38. The molecule has 2 atom stereocenters. The summed E-state index contributed by atoms with van der Waals surface area (Å²) in [6.45, 7) is 1.61. The minimum atomic E-state index is -1.66. The summed E-state index contributed by atoms with van der Waals surface area (Å²) in [6.07, 6.45) is 2.70. The predicted octanol–water partition coefficient (Wildman–Crippen LogP) is 4.81. The molecule has 3 rings (SSSR count). The lowest BCUT2D eigenvalue weighted by molar-refractivity contribution is -0.384. The molecule has 8 heteroatoms. The van der Waals surface area contributed by atoms with Crippen LogP contribution in [0.25, 0.3) is 0 Å². The van der Waals surface area contributed by atoms with Crippen molar-refractivity contribution in [1.29, 1.82) is 0 Å². The Bertz CT molecular complexity index is 1090. The van der Waals surface area contributed by atoms with Gasteiger partial charge in [-0.05, 0) is 29.7 Å². The van der Waals surface area contributed by atoms with Gasteiger partial charge in [0.2, 0.25) is 0 Å². The Labute approximate surface area is 177 Å². The molecule has 30 heavy (non-hydrogen) atoms. The molecule has 1 aliphatic carbocycles. The van der Waals surface area contributed by atoms with Crippen molar-refractivity contribution in [2.24, 2.45) is 5.41 Å². The van der Waals surface area contributed by atoms with E-state index in [4.69, 9.17) is 11.6 Å². The second-order valence-corrected chi connectivity index (χ2v) is 7.54. The number of nitro groups is 1. The molecule has 2 aromatic carbocycles. The van der Waals surface area contributed by atoms with Gasteiger partial charge in [-0.25, -0.2) is 4.79 Å². The fourth-order valence-corrected chi connectivity index (χ4v) is 4.05. The maximum absolute atomic E-state index is 12.6. The number of carboxylic acid groups (broad SMARTS) is 2. The van der Waals surface area contributed by atoms with Gasteiger partial charge in [0.15, 0.2) is 0 Å². The van der Waals surface area contributed by atoms with E-state index in [-0.39, 0.29) is 22.7 Å². The molecule has 0 fully saturated rings. The average Bonchev–Trinajstić information content (AvgIpc) is 2.71. The summed E-state index contributed by atoms with van der Waals surface area (Å²) in [5, 5.41) is 31.2. The number of hydrogen-bond acceptors (Lipinski definition) is 4. The maximum atomic E-state index is 12.6. The standard InChI is InChI=1S/C22H18ClNO6/c1-13-9-10-22(21(27)28,12-16(13)20(25)26)19(14-5-3-2-4-6-14)15-7-8-17(23)18(11-15)24(29)30/h2-11,19H,12H2,1H3,(H,25,26)(H,27,28). The normalized spacial score (nSPS) is 19.4. The second kappa shape index (κ2) is 8.12. The lowest BCUT2D eigenvalue weighted by Crippen LogP contribution is -2.39. The van der Waals surface area contributed by atoms with Crippen LogP contribution in [0.4, 0.5) is 5.69 Å². The lowest BCUT2D eigenvalue weighted by atomic mass is 9.63. The van der Waals surface area contributed by atoms with Gasteiger partial charge in [0.25, 0.3) is 5.69 Å². The van der Waals surface area contributed by atoms with E-state index in [2.05, 4.69) is 0 Å². The van der Waals surface area contributed by atoms with E-state index in [1.807, 2.05) is 0 Å². The highest BCUT2D eigenvalue weighted by molar-refractivity contribution is 6.32. The molecule has 2 N–H and O–H groups in total. The molecule has 0 saturated carbocycles. The number of rotatable bonds is 6. The molecule has 0 aliphatic heterocycles. The van der Waals surface area contributed by atoms with Crippen molar-refractivity contribution in [2.45, 2.75) is 19.3 Å². The van der Waals surface area contributed by atoms with Crippen molar-refractivity contribution in [2.75, 3.05) is 0 Å². The summed E-state index contributed by atoms with van der Waals surface area (Å²) >= 11 is 5.95. The minimum Gasteiger partial charge on any atom is -0.481 e. The number of carboxylic acids is 2. The molecule has 0 saturated heterocycles. The van der Waals surface area contributed by atoms with Gasteiger partial charge in [0.1, 0.15) is 10.4 Å². The van der Waals surface area contributed by atoms with Gasteiger partial charge in [0.05, 0.1) is 4.92 Å². The first-order valence-corrected chi connectivity index (χ1v) is 9.39. The molecule has 0 bridgehead atoms. The molecule has 0 amide bonds. The number of nitro benzene ring substituents is 1. The highest BCUT2D eigenvalue weighted by atomic mass is 35.5. The van der Waals surface area contributed by atoms with Crippen LogP contribution in [0.15, 0.2) is 71.8 Å². The molecule has 0 aromatic heterocycles. The average molecular weight is 428 g/mol. The third kappa shape index (κ3) is 3.71. The van der Waals surface area contributed by atoms with Crippen LogP contribution in [-0.2, 0) is 9.59 Å². The maximum Gasteiger partial charge on any atom is 0.331 e. The highest BCUT2D eigenvalue weighted by Gasteiger charge is 2.48. The van der Waals surface area contributed by atoms with Crippen LogP contribution in [0.1, 0.15) is 30.4 Å². The molecule has 0 radical (unpaired) electrons. The minimum absolute atomic E-state index is 0.00991. The number of allylic oxidation sites excluding steroid dienone is 2. The zero-order valence-electron chi connectivity index (χ0n) is 15.9. The summed E-state index contributed by atoms with van der Waals surface area (Å²) in [5.74, 6) is -3.31. The van der Waals surface area contributed by atoms with Crippen molar-refractivity contribution >= 4 is 29.2 Å². The third-order valence-corrected chi connectivity index (χ3v) is 5.70. The smallest absolute Gasteiger partial charge is 0.331 e. The molecule has 1 aliphatic rings. The molecule has 7 nitrogen and oxygen atoms in total. The molecular weight excluding hydrogens is 410 g/mol. The largest absolute Gasteiger partial charge is 0.481 e. The zero-order valence-corrected chi connectivity index (χ0v) is 16.7. The van der Waals surface area contributed by atoms with Gasteiger partial charge >= 0.3 is 11.9 Å². The van der Waals surface area contributed by atoms with Gasteiger partial charge < -0.3 is 10.2 Å². The number of carbonyl (C=O) groups is 2. The number of aliphatic carboxylic acids is 2. The van der Waals surface area contributed by atoms with Crippen molar-refractivity contribution in [3.63, 3.8) is 0 Å². The van der Waals surface area contributed by atoms with Crippen LogP contribution in [0.2, 0.25) is 5.02 Å². The van der Waals surface area contributed by atoms with Crippen molar-refractivity contribution in [3.05, 3.63) is 98.1 Å². The van der Waals surface area contributed by atoms with Gasteiger partial charge in [-0.2, -0.15) is 0 Å². The summed E-state index contributed by atoms with van der Waals surface area (Å²) in [4.78, 5) is 35.1. The molecule has 0 spiro atoms. The second-order valence-electron chi connectivity index (χ2n) is 7.13. The topological polar surface area (TPSA) is 118 Å². The van der Waals surface area contributed by atoms with E-state index in [9.17, 15) is 29.9 Å². The predicted molar refractivity (Wildman–Crippen MR) is 111 cm³/mol. The Morgan fingerprint density at radius 2 is 1.80 bits per heavy atom. The van der Waals surface area contributed by atoms with Gasteiger partial charge in [-0.3, -0.25) is 14.9 Å². The number of halogens is 1. The Kier molecular flexibility index (Phi) is 5.75. The first kappa shape index (κ1) is 21.3. The van der Waals surface area contributed by atoms with Gasteiger partial charge in [-0.1, -0.05) is 60.2 Å². The van der Waals surface area contributed by atoms with Crippen LogP contribution in [0, 0.1) is 15.5 Å². The Morgan fingerprint density at radius 3 is 2.37 bits per heavy atom. The van der Waals surface area contributed by atoms with Crippen molar-refractivity contribution < 1.29 is 24.7 Å². The van der Waals surface area contributed by atoms with Crippen molar-refractivity contribution in [1.82, 2.24) is 0 Å². The quantitative estimate of drug-likeness (QED) is 0.504. The number of hydrogen-bond donors (Lipinski definition) is 2. The summed E-state index contributed by atoms with van der Waals surface area (Å²) < 4.78 is 0. The van der Waals surface area contributed by atoms with E-state index in [0.29, 0.717) is 16.7 Å². The van der Waals surface area contributed by atoms with E-state index in [1.165, 1.54) is 30.4 Å². The summed E-state index contributed by atoms with van der Waals surface area (Å²) in [7, 11) is 0. The van der Waals surface area contributed by atoms with E-state index in [0.717, 1.165) is 0 Å². The van der Waals surface area contributed by atoms with Crippen molar-refractivity contribution in [3.8, 4) is 0 Å². The molecule has 2 aromatic rings. The van der Waals surface area contributed by atoms with Gasteiger partial charge in [-0.15, -0.1) is 0 Å². The van der Waals surface area contributed by atoms with E-state index < -0.39 is 28.2 Å². The van der Waals surface area contributed by atoms with Crippen LogP contribution in [-0.4, -0.2) is 27.1 Å². The van der Waals surface area contributed by atoms with Gasteiger partial charge in [0, 0.05) is 24.0 Å². The lowest BCUT2D eigenvalue weighted by Gasteiger charge is -2.38. The van der Waals surface area contributed by atoms with Crippen LogP contribution >= 0.6 is 11.6 Å². The molecule has 0 heterocycles. The molecule has 154 valence electrons.